The van der Waals surface area contributed by atoms with Crippen molar-refractivity contribution in [1.29, 1.82) is 0 Å². The van der Waals surface area contributed by atoms with Crippen molar-refractivity contribution < 1.29 is 4.79 Å². The number of unbranched alkanes of at least 4 members (excludes halogenated alkanes) is 1. The predicted molar refractivity (Wildman–Crippen MR) is 87.6 cm³/mol. The number of rotatable bonds is 9. The molecule has 1 fully saturated rings. The molecule has 0 radical (unpaired) electrons. The van der Waals surface area contributed by atoms with Gasteiger partial charge in [0.2, 0.25) is 5.91 Å². The molecule has 1 saturated carbocycles. The first-order valence-corrected chi connectivity index (χ1v) is 8.03. The summed E-state index contributed by atoms with van der Waals surface area (Å²) < 4.78 is 0. The first kappa shape index (κ1) is 16.1. The fraction of sp³-hybridized carbons (Fsp3) is 0.562. The number of primary amides is 1. The van der Waals surface area contributed by atoms with Crippen molar-refractivity contribution >= 4 is 23.2 Å². The molecule has 0 spiro atoms. The highest BCUT2D eigenvalue weighted by Gasteiger charge is 2.20. The van der Waals surface area contributed by atoms with Gasteiger partial charge in [-0.15, -0.1) is 0 Å². The Hall–Kier alpha value is -1.26. The highest BCUT2D eigenvalue weighted by atomic mass is 35.5. The van der Waals surface area contributed by atoms with Gasteiger partial charge in [0.1, 0.15) is 0 Å². The molecule has 5 heteroatoms. The maximum atomic E-state index is 11.2. The molecule has 1 amide bonds. The number of nitrogens with two attached hydrogens (primary N) is 1. The number of halogens is 1. The number of amides is 1. The summed E-state index contributed by atoms with van der Waals surface area (Å²) in [6.07, 6.45) is 4.63. The van der Waals surface area contributed by atoms with Crippen molar-refractivity contribution in [2.45, 2.75) is 45.2 Å². The number of anilines is 1. The van der Waals surface area contributed by atoms with Crippen molar-refractivity contribution in [3.8, 4) is 0 Å². The third kappa shape index (κ3) is 5.21. The number of nitrogens with one attached hydrogen (secondary N) is 1. The van der Waals surface area contributed by atoms with E-state index in [1.165, 1.54) is 12.8 Å². The van der Waals surface area contributed by atoms with Crippen LogP contribution in [0.2, 0.25) is 5.02 Å². The van der Waals surface area contributed by atoms with Crippen LogP contribution in [0.15, 0.2) is 18.2 Å². The molecule has 0 atom stereocenters. The van der Waals surface area contributed by atoms with E-state index in [4.69, 9.17) is 17.3 Å². The van der Waals surface area contributed by atoms with Crippen molar-refractivity contribution in [3.05, 3.63) is 28.8 Å². The van der Waals surface area contributed by atoms with Crippen LogP contribution in [0.5, 0.6) is 0 Å². The average molecular weight is 310 g/mol. The molecule has 0 bridgehead atoms. The Morgan fingerprint density at radius 2 is 2.24 bits per heavy atom. The Labute approximate surface area is 131 Å². The summed E-state index contributed by atoms with van der Waals surface area (Å²) in [6, 6.07) is 6.66. The lowest BCUT2D eigenvalue weighted by molar-refractivity contribution is -0.116. The van der Waals surface area contributed by atoms with E-state index >= 15 is 0 Å². The maximum absolute atomic E-state index is 11.2. The van der Waals surface area contributed by atoms with E-state index in [0.29, 0.717) is 6.04 Å². The van der Waals surface area contributed by atoms with E-state index in [0.717, 1.165) is 42.2 Å². The molecule has 21 heavy (non-hydrogen) atoms. The van der Waals surface area contributed by atoms with Crippen LogP contribution in [0.25, 0.3) is 0 Å². The van der Waals surface area contributed by atoms with E-state index in [1.807, 2.05) is 23.1 Å². The van der Waals surface area contributed by atoms with Crippen LogP contribution in [0.4, 0.5) is 5.69 Å². The Morgan fingerprint density at radius 1 is 1.48 bits per heavy atom. The van der Waals surface area contributed by atoms with E-state index in [2.05, 4.69) is 12.2 Å². The first-order valence-electron chi connectivity index (χ1n) is 7.65. The SMILES string of the molecule is CCCCN(CC(N)=O)c1ccc(CNC2CC2)c(Cl)c1. The second-order valence-electron chi connectivity index (χ2n) is 5.67. The molecular weight excluding hydrogens is 286 g/mol. The molecule has 3 N–H and O–H groups in total. The standard InChI is InChI=1S/C16H24ClN3O/c1-2-3-8-20(11-16(18)21)14-7-4-12(15(17)9-14)10-19-13-5-6-13/h4,7,9,13,19H,2-3,5-6,8,10-11H2,1H3,(H2,18,21). The van der Waals surface area contributed by atoms with Crippen LogP contribution in [-0.2, 0) is 11.3 Å². The molecule has 1 aliphatic carbocycles. The van der Waals surface area contributed by atoms with Crippen LogP contribution in [0.3, 0.4) is 0 Å². The van der Waals surface area contributed by atoms with Gasteiger partial charge in [0, 0.05) is 29.8 Å². The Morgan fingerprint density at radius 3 is 2.81 bits per heavy atom. The smallest absolute Gasteiger partial charge is 0.236 e. The minimum Gasteiger partial charge on any atom is -0.368 e. The summed E-state index contributed by atoms with van der Waals surface area (Å²) in [4.78, 5) is 13.2. The van der Waals surface area contributed by atoms with Gasteiger partial charge in [-0.25, -0.2) is 0 Å². The lowest BCUT2D eigenvalue weighted by Crippen LogP contribution is -2.34. The fourth-order valence-corrected chi connectivity index (χ4v) is 2.50. The maximum Gasteiger partial charge on any atom is 0.236 e. The number of carbonyl (C=O) groups is 1. The lowest BCUT2D eigenvalue weighted by atomic mass is 10.1. The van der Waals surface area contributed by atoms with Crippen molar-refractivity contribution in [1.82, 2.24) is 5.32 Å². The quantitative estimate of drug-likeness (QED) is 0.737. The average Bonchev–Trinajstić information content (AvgIpc) is 3.26. The summed E-state index contributed by atoms with van der Waals surface area (Å²) in [5.74, 6) is -0.318. The molecule has 116 valence electrons. The molecule has 0 heterocycles. The molecule has 0 aromatic heterocycles. The van der Waals surface area contributed by atoms with Gasteiger partial charge in [-0.3, -0.25) is 4.79 Å². The van der Waals surface area contributed by atoms with E-state index in [-0.39, 0.29) is 12.5 Å². The minimum atomic E-state index is -0.318. The van der Waals surface area contributed by atoms with Crippen molar-refractivity contribution in [2.24, 2.45) is 5.73 Å². The summed E-state index contributed by atoms with van der Waals surface area (Å²) >= 11 is 6.37. The lowest BCUT2D eigenvalue weighted by Gasteiger charge is -2.24. The van der Waals surface area contributed by atoms with Crippen molar-refractivity contribution in [2.75, 3.05) is 18.0 Å². The van der Waals surface area contributed by atoms with E-state index in [1.54, 1.807) is 0 Å². The third-order valence-electron chi connectivity index (χ3n) is 3.69. The van der Waals surface area contributed by atoms with Gasteiger partial charge in [0.15, 0.2) is 0 Å². The summed E-state index contributed by atoms with van der Waals surface area (Å²) in [7, 11) is 0. The monoisotopic (exact) mass is 309 g/mol. The first-order chi connectivity index (χ1) is 10.1. The summed E-state index contributed by atoms with van der Waals surface area (Å²) in [5, 5.41) is 4.20. The van der Waals surface area contributed by atoms with Gasteiger partial charge in [-0.2, -0.15) is 0 Å². The molecule has 2 rings (SSSR count). The van der Waals surface area contributed by atoms with E-state index in [9.17, 15) is 4.79 Å². The Balaban J connectivity index is 2.04. The molecule has 1 aliphatic rings. The highest BCUT2D eigenvalue weighted by Crippen LogP contribution is 2.25. The molecule has 1 aromatic carbocycles. The van der Waals surface area contributed by atoms with Gasteiger partial charge >= 0.3 is 0 Å². The number of benzene rings is 1. The molecule has 0 aliphatic heterocycles. The number of hydrogen-bond donors (Lipinski definition) is 2. The molecule has 1 aromatic rings. The van der Waals surface area contributed by atoms with Crippen LogP contribution in [0.1, 0.15) is 38.2 Å². The molecule has 0 unspecified atom stereocenters. The second-order valence-corrected chi connectivity index (χ2v) is 6.08. The normalized spacial score (nSPS) is 14.2. The van der Waals surface area contributed by atoms with Crippen LogP contribution >= 0.6 is 11.6 Å². The van der Waals surface area contributed by atoms with Gasteiger partial charge in [-0.05, 0) is 37.0 Å². The van der Waals surface area contributed by atoms with Gasteiger partial charge in [0.05, 0.1) is 6.54 Å². The van der Waals surface area contributed by atoms with Crippen LogP contribution in [-0.4, -0.2) is 25.0 Å². The van der Waals surface area contributed by atoms with Gasteiger partial charge in [0.25, 0.3) is 0 Å². The summed E-state index contributed by atoms with van der Waals surface area (Å²) in [6.45, 7) is 3.97. The second kappa shape index (κ2) is 7.66. The Bertz CT molecular complexity index is 488. The Kier molecular flexibility index (Phi) is 5.88. The zero-order valence-corrected chi connectivity index (χ0v) is 13.3. The van der Waals surface area contributed by atoms with E-state index < -0.39 is 0 Å². The molecule has 0 saturated heterocycles. The zero-order chi connectivity index (χ0) is 15.2. The third-order valence-corrected chi connectivity index (χ3v) is 4.04. The zero-order valence-electron chi connectivity index (χ0n) is 12.6. The molecular formula is C16H24ClN3O. The number of carbonyl (C=O) groups excluding carboxylic acids is 1. The highest BCUT2D eigenvalue weighted by molar-refractivity contribution is 6.31. The topological polar surface area (TPSA) is 58.4 Å². The van der Waals surface area contributed by atoms with Gasteiger partial charge in [-0.1, -0.05) is 31.0 Å². The fourth-order valence-electron chi connectivity index (χ4n) is 2.25. The largest absolute Gasteiger partial charge is 0.368 e. The summed E-state index contributed by atoms with van der Waals surface area (Å²) in [5.41, 5.74) is 7.39. The van der Waals surface area contributed by atoms with Crippen molar-refractivity contribution in [3.63, 3.8) is 0 Å². The van der Waals surface area contributed by atoms with Crippen LogP contribution < -0.4 is 16.0 Å². The minimum absolute atomic E-state index is 0.232. The number of nitrogens with zero attached hydrogens (tertiary/aromatic N) is 1. The predicted octanol–water partition coefficient (Wildman–Crippen LogP) is 2.68. The van der Waals surface area contributed by atoms with Crippen LogP contribution in [0, 0.1) is 0 Å². The number of hydrogen-bond acceptors (Lipinski definition) is 3. The molecule has 4 nitrogen and oxygen atoms in total. The van der Waals surface area contributed by atoms with Gasteiger partial charge < -0.3 is 16.0 Å².